The molecule has 1 saturated heterocycles. The van der Waals surface area contributed by atoms with Gasteiger partial charge < -0.3 is 19.7 Å². The normalized spacial score (nSPS) is 16.0. The molecule has 156 valence electrons. The molecule has 31 heavy (non-hydrogen) atoms. The van der Waals surface area contributed by atoms with Gasteiger partial charge in [0.15, 0.2) is 0 Å². The van der Waals surface area contributed by atoms with Crippen molar-refractivity contribution in [3.05, 3.63) is 72.4 Å². The standard InChI is InChI=1S/C23H21N5O3/c29-14-15-11-25-23(26-12-15)28-9-6-18(13-28)27-22(30)17-3-1-16(2-4-17)21-19-7-10-31-20(19)5-8-24-21/h1-5,7-8,10-12,18,29H,6,9,13-14H2,(H,27,30)/t18-/m0/s1. The molecule has 1 amide bonds. The molecule has 2 N–H and O–H groups in total. The summed E-state index contributed by atoms with van der Waals surface area (Å²) in [6.07, 6.45) is 7.42. The van der Waals surface area contributed by atoms with Crippen LogP contribution in [0.5, 0.6) is 0 Å². The topological polar surface area (TPSA) is 104 Å². The summed E-state index contributed by atoms with van der Waals surface area (Å²) in [7, 11) is 0. The van der Waals surface area contributed by atoms with E-state index in [4.69, 9.17) is 9.52 Å². The Bertz CT molecular complexity index is 1200. The lowest BCUT2D eigenvalue weighted by molar-refractivity contribution is 0.0940. The Balaban J connectivity index is 1.24. The van der Waals surface area contributed by atoms with Crippen molar-refractivity contribution in [1.82, 2.24) is 20.3 Å². The van der Waals surface area contributed by atoms with Gasteiger partial charge in [-0.2, -0.15) is 0 Å². The molecule has 1 aliphatic heterocycles. The lowest BCUT2D eigenvalue weighted by atomic mass is 10.1. The molecule has 0 spiro atoms. The Labute approximate surface area is 178 Å². The summed E-state index contributed by atoms with van der Waals surface area (Å²) in [5, 5.41) is 13.2. The molecular formula is C23H21N5O3. The summed E-state index contributed by atoms with van der Waals surface area (Å²) in [5.74, 6) is 0.503. The number of fused-ring (bicyclic) bond motifs is 1. The van der Waals surface area contributed by atoms with Gasteiger partial charge in [-0.05, 0) is 30.7 Å². The average molecular weight is 415 g/mol. The van der Waals surface area contributed by atoms with Gasteiger partial charge in [0.1, 0.15) is 5.58 Å². The quantitative estimate of drug-likeness (QED) is 0.516. The van der Waals surface area contributed by atoms with Crippen molar-refractivity contribution in [2.24, 2.45) is 0 Å². The first kappa shape index (κ1) is 19.2. The number of anilines is 1. The Morgan fingerprint density at radius 3 is 2.71 bits per heavy atom. The van der Waals surface area contributed by atoms with Crippen LogP contribution in [0.4, 0.5) is 5.95 Å². The third-order valence-electron chi connectivity index (χ3n) is 5.48. The summed E-state index contributed by atoms with van der Waals surface area (Å²) >= 11 is 0. The molecule has 1 atom stereocenters. The Morgan fingerprint density at radius 2 is 1.94 bits per heavy atom. The number of pyridine rings is 1. The summed E-state index contributed by atoms with van der Waals surface area (Å²) in [4.78, 5) is 27.8. The fourth-order valence-electron chi connectivity index (χ4n) is 3.83. The van der Waals surface area contributed by atoms with Gasteiger partial charge >= 0.3 is 0 Å². The van der Waals surface area contributed by atoms with Gasteiger partial charge in [-0.15, -0.1) is 0 Å². The number of aliphatic hydroxyl groups excluding tert-OH is 1. The predicted molar refractivity (Wildman–Crippen MR) is 115 cm³/mol. The zero-order valence-electron chi connectivity index (χ0n) is 16.7. The smallest absolute Gasteiger partial charge is 0.251 e. The molecule has 1 aliphatic rings. The fraction of sp³-hybridized carbons (Fsp3) is 0.217. The van der Waals surface area contributed by atoms with Crippen LogP contribution >= 0.6 is 0 Å². The molecule has 0 saturated carbocycles. The molecule has 8 nitrogen and oxygen atoms in total. The second-order valence-electron chi connectivity index (χ2n) is 7.52. The number of rotatable bonds is 5. The highest BCUT2D eigenvalue weighted by molar-refractivity contribution is 5.96. The first-order valence-electron chi connectivity index (χ1n) is 10.1. The number of aromatic nitrogens is 3. The average Bonchev–Trinajstić information content (AvgIpc) is 3.49. The Kier molecular flexibility index (Phi) is 5.05. The van der Waals surface area contributed by atoms with Crippen molar-refractivity contribution in [2.75, 3.05) is 18.0 Å². The Morgan fingerprint density at radius 1 is 1.13 bits per heavy atom. The maximum Gasteiger partial charge on any atom is 0.251 e. The van der Waals surface area contributed by atoms with Crippen LogP contribution in [0.25, 0.3) is 22.2 Å². The van der Waals surface area contributed by atoms with Crippen LogP contribution in [0, 0.1) is 0 Å². The minimum atomic E-state index is -0.107. The highest BCUT2D eigenvalue weighted by Crippen LogP contribution is 2.27. The molecule has 4 heterocycles. The number of nitrogens with one attached hydrogen (secondary N) is 1. The number of amides is 1. The van der Waals surface area contributed by atoms with E-state index in [0.717, 1.165) is 35.2 Å². The second kappa shape index (κ2) is 8.16. The van der Waals surface area contributed by atoms with Crippen molar-refractivity contribution >= 4 is 22.8 Å². The predicted octanol–water partition coefficient (Wildman–Crippen LogP) is 2.79. The van der Waals surface area contributed by atoms with E-state index in [1.165, 1.54) is 0 Å². The van der Waals surface area contributed by atoms with Gasteiger partial charge in [0, 0.05) is 59.8 Å². The van der Waals surface area contributed by atoms with Crippen LogP contribution in [-0.4, -0.2) is 45.1 Å². The van der Waals surface area contributed by atoms with Crippen LogP contribution in [0.2, 0.25) is 0 Å². The Hall–Kier alpha value is -3.78. The largest absolute Gasteiger partial charge is 0.464 e. The highest BCUT2D eigenvalue weighted by Gasteiger charge is 2.26. The molecule has 3 aromatic heterocycles. The minimum absolute atomic E-state index is 0.0228. The van der Waals surface area contributed by atoms with Crippen molar-refractivity contribution in [3.8, 4) is 11.3 Å². The molecule has 4 aromatic rings. The third-order valence-corrected chi connectivity index (χ3v) is 5.48. The highest BCUT2D eigenvalue weighted by atomic mass is 16.3. The minimum Gasteiger partial charge on any atom is -0.464 e. The number of furan rings is 1. The fourth-order valence-corrected chi connectivity index (χ4v) is 3.83. The summed E-state index contributed by atoms with van der Waals surface area (Å²) in [6.45, 7) is 1.34. The molecule has 0 radical (unpaired) electrons. The third kappa shape index (κ3) is 3.85. The van der Waals surface area contributed by atoms with Gasteiger partial charge in [-0.1, -0.05) is 12.1 Å². The number of carbonyl (C=O) groups is 1. The summed E-state index contributed by atoms with van der Waals surface area (Å²) < 4.78 is 5.44. The monoisotopic (exact) mass is 415 g/mol. The van der Waals surface area contributed by atoms with Gasteiger partial charge in [0.25, 0.3) is 5.91 Å². The van der Waals surface area contributed by atoms with E-state index in [2.05, 4.69) is 20.3 Å². The van der Waals surface area contributed by atoms with E-state index >= 15 is 0 Å². The van der Waals surface area contributed by atoms with Crippen LogP contribution in [0.15, 0.2) is 65.7 Å². The van der Waals surface area contributed by atoms with Crippen LogP contribution < -0.4 is 10.2 Å². The van der Waals surface area contributed by atoms with Crippen LogP contribution in [0.1, 0.15) is 22.3 Å². The van der Waals surface area contributed by atoms with Crippen LogP contribution in [-0.2, 0) is 6.61 Å². The van der Waals surface area contributed by atoms with E-state index in [1.54, 1.807) is 24.9 Å². The van der Waals surface area contributed by atoms with Crippen molar-refractivity contribution in [2.45, 2.75) is 19.1 Å². The number of carbonyl (C=O) groups excluding carboxylic acids is 1. The maximum atomic E-state index is 12.7. The molecule has 0 unspecified atom stereocenters. The van der Waals surface area contributed by atoms with Gasteiger partial charge in [-0.3, -0.25) is 9.78 Å². The SMILES string of the molecule is O=C(N[C@H]1CCN(c2ncc(CO)cn2)C1)c1ccc(-c2nccc3occc23)cc1. The molecule has 5 rings (SSSR count). The van der Waals surface area contributed by atoms with Crippen molar-refractivity contribution in [1.29, 1.82) is 0 Å². The van der Waals surface area contributed by atoms with Crippen molar-refractivity contribution < 1.29 is 14.3 Å². The van der Waals surface area contributed by atoms with Gasteiger partial charge in [0.05, 0.1) is 18.6 Å². The van der Waals surface area contributed by atoms with E-state index in [-0.39, 0.29) is 18.6 Å². The van der Waals surface area contributed by atoms with E-state index in [9.17, 15) is 4.79 Å². The zero-order valence-corrected chi connectivity index (χ0v) is 16.7. The lowest BCUT2D eigenvalue weighted by Gasteiger charge is -2.17. The first-order valence-corrected chi connectivity index (χ1v) is 10.1. The number of benzene rings is 1. The number of hydrogen-bond donors (Lipinski definition) is 2. The van der Waals surface area contributed by atoms with Gasteiger partial charge in [-0.25, -0.2) is 9.97 Å². The van der Waals surface area contributed by atoms with Gasteiger partial charge in [0.2, 0.25) is 5.95 Å². The number of hydrogen-bond acceptors (Lipinski definition) is 7. The number of aliphatic hydroxyl groups is 1. The molecule has 0 aliphatic carbocycles. The molecular weight excluding hydrogens is 394 g/mol. The number of nitrogens with zero attached hydrogens (tertiary/aromatic N) is 4. The van der Waals surface area contributed by atoms with Crippen molar-refractivity contribution in [3.63, 3.8) is 0 Å². The maximum absolute atomic E-state index is 12.7. The van der Waals surface area contributed by atoms with Crippen LogP contribution in [0.3, 0.4) is 0 Å². The summed E-state index contributed by atoms with van der Waals surface area (Å²) in [5.41, 5.74) is 3.82. The lowest BCUT2D eigenvalue weighted by Crippen LogP contribution is -2.37. The van der Waals surface area contributed by atoms with E-state index < -0.39 is 0 Å². The van der Waals surface area contributed by atoms with E-state index in [1.807, 2.05) is 41.3 Å². The summed E-state index contributed by atoms with van der Waals surface area (Å²) in [6, 6.07) is 11.2. The molecule has 1 aromatic carbocycles. The first-order chi connectivity index (χ1) is 15.2. The molecule has 1 fully saturated rings. The van der Waals surface area contributed by atoms with E-state index in [0.29, 0.717) is 23.6 Å². The molecule has 8 heteroatoms. The second-order valence-corrected chi connectivity index (χ2v) is 7.52. The molecule has 0 bridgehead atoms. The zero-order chi connectivity index (χ0) is 21.2.